The van der Waals surface area contributed by atoms with Crippen molar-refractivity contribution in [3.63, 3.8) is 0 Å². The van der Waals surface area contributed by atoms with Gasteiger partial charge in [-0.2, -0.15) is 0 Å². The lowest BCUT2D eigenvalue weighted by Crippen LogP contribution is -1.91. The largest absolute Gasteiger partial charge is 0.326 e. The average Bonchev–Trinajstić information content (AvgIpc) is 2.76. The van der Waals surface area contributed by atoms with Crippen LogP contribution in [-0.4, -0.2) is 9.97 Å². The zero-order valence-electron chi connectivity index (χ0n) is 9.24. The number of aromatic nitrogens is 2. The molecule has 0 atom stereocenters. The molecule has 1 heterocycles. The Balaban J connectivity index is 1.93. The van der Waals surface area contributed by atoms with Crippen molar-refractivity contribution < 1.29 is 0 Å². The Morgan fingerprint density at radius 1 is 1.00 bits per heavy atom. The Bertz CT molecular complexity index is 673. The molecule has 0 fully saturated rings. The number of hydrogen-bond acceptors (Lipinski definition) is 2. The molecule has 3 aromatic rings. The van der Waals surface area contributed by atoms with Crippen LogP contribution in [0.25, 0.3) is 11.0 Å². The first-order valence-corrected chi connectivity index (χ1v) is 6.15. The van der Waals surface area contributed by atoms with Crippen molar-refractivity contribution in [1.82, 2.24) is 9.97 Å². The van der Waals surface area contributed by atoms with Gasteiger partial charge in [0, 0.05) is 5.69 Å². The van der Waals surface area contributed by atoms with Gasteiger partial charge in [0.2, 0.25) is 5.95 Å². The summed E-state index contributed by atoms with van der Waals surface area (Å²) in [4.78, 5) is 7.60. The Morgan fingerprint density at radius 2 is 1.83 bits per heavy atom. The van der Waals surface area contributed by atoms with E-state index in [0.717, 1.165) is 16.7 Å². The van der Waals surface area contributed by atoms with E-state index in [-0.39, 0.29) is 0 Å². The number of fused-ring (bicyclic) bond motifs is 1. The quantitative estimate of drug-likeness (QED) is 0.718. The number of H-pyrrole nitrogens is 1. The van der Waals surface area contributed by atoms with Crippen molar-refractivity contribution in [1.29, 1.82) is 0 Å². The van der Waals surface area contributed by atoms with Crippen LogP contribution in [-0.2, 0) is 0 Å². The molecule has 0 bridgehead atoms. The van der Waals surface area contributed by atoms with Crippen LogP contribution in [0.5, 0.6) is 0 Å². The Hall–Kier alpha value is -1.71. The van der Waals surface area contributed by atoms with Gasteiger partial charge in [0.25, 0.3) is 0 Å². The molecule has 2 N–H and O–H groups in total. The Kier molecular flexibility index (Phi) is 2.86. The second-order valence-electron chi connectivity index (χ2n) is 3.86. The molecule has 0 aliphatic rings. The highest BCUT2D eigenvalue weighted by Crippen LogP contribution is 2.26. The zero-order valence-corrected chi connectivity index (χ0v) is 10.8. The molecule has 2 aromatic carbocycles. The summed E-state index contributed by atoms with van der Waals surface area (Å²) in [5, 5.41) is 4.20. The average molecular weight is 278 g/mol. The van der Waals surface area contributed by atoms with Gasteiger partial charge in [0.1, 0.15) is 0 Å². The predicted molar refractivity (Wildman–Crippen MR) is 75.8 cm³/mol. The third-order valence-corrected chi connectivity index (χ3v) is 3.31. The maximum Gasteiger partial charge on any atom is 0.205 e. The van der Waals surface area contributed by atoms with Gasteiger partial charge in [-0.3, -0.25) is 0 Å². The molecule has 5 heteroatoms. The molecule has 0 spiro atoms. The van der Waals surface area contributed by atoms with E-state index in [1.807, 2.05) is 30.3 Å². The van der Waals surface area contributed by atoms with Gasteiger partial charge in [-0.25, -0.2) is 4.98 Å². The van der Waals surface area contributed by atoms with Gasteiger partial charge in [0.05, 0.1) is 21.1 Å². The van der Waals surface area contributed by atoms with Crippen LogP contribution in [0.3, 0.4) is 0 Å². The van der Waals surface area contributed by atoms with E-state index in [1.165, 1.54) is 0 Å². The number of para-hydroxylation sites is 2. The van der Waals surface area contributed by atoms with E-state index in [9.17, 15) is 0 Å². The first kappa shape index (κ1) is 11.4. The number of imidazole rings is 1. The summed E-state index contributed by atoms with van der Waals surface area (Å²) in [7, 11) is 0. The number of nitrogens with one attached hydrogen (secondary N) is 2. The van der Waals surface area contributed by atoms with E-state index >= 15 is 0 Å². The van der Waals surface area contributed by atoms with Crippen LogP contribution in [0.15, 0.2) is 42.5 Å². The summed E-state index contributed by atoms with van der Waals surface area (Å²) >= 11 is 11.8. The molecule has 18 heavy (non-hydrogen) atoms. The van der Waals surface area contributed by atoms with Crippen molar-refractivity contribution >= 4 is 45.9 Å². The number of anilines is 2. The minimum Gasteiger partial charge on any atom is -0.326 e. The summed E-state index contributed by atoms with van der Waals surface area (Å²) in [6.07, 6.45) is 0. The fourth-order valence-electron chi connectivity index (χ4n) is 1.72. The molecule has 90 valence electrons. The van der Waals surface area contributed by atoms with E-state index in [4.69, 9.17) is 23.2 Å². The highest BCUT2D eigenvalue weighted by atomic mass is 35.5. The molecule has 0 saturated carbocycles. The topological polar surface area (TPSA) is 40.7 Å². The van der Waals surface area contributed by atoms with Crippen LogP contribution in [0.1, 0.15) is 0 Å². The minimum atomic E-state index is 0.512. The fraction of sp³-hybridized carbons (Fsp3) is 0. The van der Waals surface area contributed by atoms with Gasteiger partial charge in [0.15, 0.2) is 0 Å². The number of hydrogen-bond donors (Lipinski definition) is 2. The van der Waals surface area contributed by atoms with Crippen LogP contribution in [0.4, 0.5) is 11.6 Å². The third-order valence-electron chi connectivity index (χ3n) is 2.57. The van der Waals surface area contributed by atoms with Crippen LogP contribution < -0.4 is 5.32 Å². The maximum atomic E-state index is 5.96. The van der Waals surface area contributed by atoms with Crippen LogP contribution >= 0.6 is 23.2 Å². The van der Waals surface area contributed by atoms with Crippen molar-refractivity contribution in [3.8, 4) is 0 Å². The number of aromatic amines is 1. The highest BCUT2D eigenvalue weighted by molar-refractivity contribution is 6.42. The monoisotopic (exact) mass is 277 g/mol. The van der Waals surface area contributed by atoms with Crippen molar-refractivity contribution in [2.24, 2.45) is 0 Å². The molecule has 0 saturated heterocycles. The molecule has 1 aromatic heterocycles. The second kappa shape index (κ2) is 4.52. The van der Waals surface area contributed by atoms with E-state index in [1.54, 1.807) is 12.1 Å². The van der Waals surface area contributed by atoms with E-state index < -0.39 is 0 Å². The summed E-state index contributed by atoms with van der Waals surface area (Å²) in [5.41, 5.74) is 2.74. The number of halogens is 2. The van der Waals surface area contributed by atoms with Crippen molar-refractivity contribution in [2.75, 3.05) is 5.32 Å². The third kappa shape index (κ3) is 2.15. The summed E-state index contributed by atoms with van der Waals surface area (Å²) in [5.74, 6) is 0.676. The first-order valence-electron chi connectivity index (χ1n) is 5.39. The molecular formula is C13H9Cl2N3. The summed E-state index contributed by atoms with van der Waals surface area (Å²) < 4.78 is 0. The minimum absolute atomic E-state index is 0.512. The molecule has 0 radical (unpaired) electrons. The first-order chi connectivity index (χ1) is 8.72. The van der Waals surface area contributed by atoms with Crippen molar-refractivity contribution in [2.45, 2.75) is 0 Å². The maximum absolute atomic E-state index is 5.96. The van der Waals surface area contributed by atoms with Gasteiger partial charge in [-0.1, -0.05) is 35.3 Å². The van der Waals surface area contributed by atoms with Crippen LogP contribution in [0.2, 0.25) is 10.0 Å². The highest BCUT2D eigenvalue weighted by Gasteiger charge is 2.03. The molecule has 3 rings (SSSR count). The molecule has 3 nitrogen and oxygen atoms in total. The van der Waals surface area contributed by atoms with Gasteiger partial charge >= 0.3 is 0 Å². The fourth-order valence-corrected chi connectivity index (χ4v) is 2.02. The van der Waals surface area contributed by atoms with Crippen molar-refractivity contribution in [3.05, 3.63) is 52.5 Å². The van der Waals surface area contributed by atoms with Gasteiger partial charge in [-0.05, 0) is 30.3 Å². The molecule has 0 aliphatic carbocycles. The SMILES string of the molecule is Clc1ccc(Nc2nc3ccccc3[nH]2)cc1Cl. The van der Waals surface area contributed by atoms with E-state index in [0.29, 0.717) is 16.0 Å². The molecular weight excluding hydrogens is 269 g/mol. The Morgan fingerprint density at radius 3 is 2.61 bits per heavy atom. The van der Waals surface area contributed by atoms with Gasteiger partial charge < -0.3 is 10.3 Å². The number of rotatable bonds is 2. The normalized spacial score (nSPS) is 10.8. The lowest BCUT2D eigenvalue weighted by molar-refractivity contribution is 1.31. The number of benzene rings is 2. The Labute approximate surface area is 114 Å². The lowest BCUT2D eigenvalue weighted by Gasteiger charge is -2.03. The zero-order chi connectivity index (χ0) is 12.5. The summed E-state index contributed by atoms with van der Waals surface area (Å²) in [6, 6.07) is 13.2. The molecule has 0 amide bonds. The second-order valence-corrected chi connectivity index (χ2v) is 4.67. The van der Waals surface area contributed by atoms with Gasteiger partial charge in [-0.15, -0.1) is 0 Å². The summed E-state index contributed by atoms with van der Waals surface area (Å²) in [6.45, 7) is 0. The lowest BCUT2D eigenvalue weighted by atomic mass is 10.3. The molecule has 0 aliphatic heterocycles. The van der Waals surface area contributed by atoms with E-state index in [2.05, 4.69) is 15.3 Å². The van der Waals surface area contributed by atoms with Crippen LogP contribution in [0, 0.1) is 0 Å². The standard InChI is InChI=1S/C13H9Cl2N3/c14-9-6-5-8(7-10(9)15)16-13-17-11-3-1-2-4-12(11)18-13/h1-7H,(H2,16,17,18). The predicted octanol–water partition coefficient (Wildman–Crippen LogP) is 4.61. The smallest absolute Gasteiger partial charge is 0.205 e. The number of nitrogens with zero attached hydrogens (tertiary/aromatic N) is 1. The molecule has 0 unspecified atom stereocenters.